The van der Waals surface area contributed by atoms with Gasteiger partial charge in [0.15, 0.2) is 0 Å². The monoisotopic (exact) mass is 289 g/mol. The molecule has 0 amide bonds. The average Bonchev–Trinajstić information content (AvgIpc) is 2.37. The van der Waals surface area contributed by atoms with Gasteiger partial charge in [0, 0.05) is 30.9 Å². The molecule has 1 atom stereocenters. The lowest BCUT2D eigenvalue weighted by atomic mass is 10.0. The lowest BCUT2D eigenvalue weighted by Crippen LogP contribution is -2.39. The van der Waals surface area contributed by atoms with E-state index in [1.54, 1.807) is 12.4 Å². The number of carbonyl (C=O) groups is 1. The van der Waals surface area contributed by atoms with Gasteiger partial charge in [-0.2, -0.15) is 0 Å². The lowest BCUT2D eigenvalue weighted by molar-refractivity contribution is -0.141. The summed E-state index contributed by atoms with van der Waals surface area (Å²) in [7, 11) is 0. The quantitative estimate of drug-likeness (QED) is 0.741. The second kappa shape index (κ2) is 6.15. The molecule has 0 saturated heterocycles. The molecule has 2 rings (SSSR count). The Balaban J connectivity index is 1.99. The molecule has 0 aliphatic heterocycles. The number of carboxylic acid groups (broad SMARTS) is 1. The van der Waals surface area contributed by atoms with E-state index in [2.05, 4.69) is 15.3 Å². The normalized spacial score (nSPS) is 14.0. The summed E-state index contributed by atoms with van der Waals surface area (Å²) < 4.78 is 0. The predicted molar refractivity (Wildman–Crippen MR) is 78.9 cm³/mol. The molecule has 6 nitrogen and oxygen atoms in total. The minimum Gasteiger partial charge on any atom is -0.481 e. The number of aliphatic carboxylic acids is 1. The van der Waals surface area contributed by atoms with E-state index in [0.29, 0.717) is 6.54 Å². The van der Waals surface area contributed by atoms with Crippen LogP contribution in [0.3, 0.4) is 0 Å². The van der Waals surface area contributed by atoms with Crippen LogP contribution in [0.15, 0.2) is 24.5 Å². The summed E-state index contributed by atoms with van der Waals surface area (Å²) in [5.74, 6) is -1.02. The molecule has 3 N–H and O–H groups in total. The van der Waals surface area contributed by atoms with Crippen LogP contribution in [0, 0.1) is 6.92 Å². The highest BCUT2D eigenvalue weighted by atomic mass is 16.4. The van der Waals surface area contributed by atoms with Crippen LogP contribution in [0.5, 0.6) is 0 Å². The Hall–Kier alpha value is -2.05. The number of aromatic nitrogens is 2. The van der Waals surface area contributed by atoms with Crippen molar-refractivity contribution in [3.8, 4) is 0 Å². The molecule has 0 saturated carbocycles. The van der Waals surface area contributed by atoms with Crippen LogP contribution in [0.2, 0.25) is 0 Å². The van der Waals surface area contributed by atoms with Crippen molar-refractivity contribution in [1.82, 2.24) is 15.3 Å². The Morgan fingerprint density at radius 3 is 2.90 bits per heavy atom. The number of fused-ring (bicyclic) bond motifs is 1. The molecule has 0 aliphatic rings. The lowest BCUT2D eigenvalue weighted by Gasteiger charge is -2.21. The summed E-state index contributed by atoms with van der Waals surface area (Å²) in [6.45, 7) is 4.13. The SMILES string of the molecule is Cc1nccc2cc(CNC[C@](C)(O)CC(=O)O)cnc12. The number of carboxylic acids is 1. The summed E-state index contributed by atoms with van der Waals surface area (Å²) in [4.78, 5) is 19.2. The molecular weight excluding hydrogens is 270 g/mol. The van der Waals surface area contributed by atoms with Gasteiger partial charge in [0.1, 0.15) is 0 Å². The van der Waals surface area contributed by atoms with Crippen LogP contribution in [0.4, 0.5) is 0 Å². The molecule has 0 unspecified atom stereocenters. The largest absolute Gasteiger partial charge is 0.481 e. The summed E-state index contributed by atoms with van der Waals surface area (Å²) >= 11 is 0. The Bertz CT molecular complexity index is 656. The van der Waals surface area contributed by atoms with Crippen molar-refractivity contribution in [1.29, 1.82) is 0 Å². The van der Waals surface area contributed by atoms with Gasteiger partial charge in [0.2, 0.25) is 0 Å². The third-order valence-electron chi connectivity index (χ3n) is 3.21. The van der Waals surface area contributed by atoms with Crippen molar-refractivity contribution in [2.24, 2.45) is 0 Å². The minimum absolute atomic E-state index is 0.201. The smallest absolute Gasteiger partial charge is 0.306 e. The van der Waals surface area contributed by atoms with Crippen LogP contribution in [-0.2, 0) is 11.3 Å². The zero-order chi connectivity index (χ0) is 15.5. The molecule has 0 bridgehead atoms. The van der Waals surface area contributed by atoms with Crippen molar-refractivity contribution < 1.29 is 15.0 Å². The van der Waals surface area contributed by atoms with Gasteiger partial charge < -0.3 is 15.5 Å². The van der Waals surface area contributed by atoms with E-state index in [9.17, 15) is 9.90 Å². The Morgan fingerprint density at radius 1 is 1.43 bits per heavy atom. The number of nitrogens with zero attached hydrogens (tertiary/aromatic N) is 2. The number of hydrogen-bond donors (Lipinski definition) is 3. The highest BCUT2D eigenvalue weighted by Crippen LogP contribution is 2.15. The van der Waals surface area contributed by atoms with Crippen molar-refractivity contribution in [3.63, 3.8) is 0 Å². The van der Waals surface area contributed by atoms with Gasteiger partial charge in [-0.05, 0) is 31.5 Å². The van der Waals surface area contributed by atoms with Gasteiger partial charge in [-0.25, -0.2) is 0 Å². The van der Waals surface area contributed by atoms with E-state index in [-0.39, 0.29) is 13.0 Å². The first-order chi connectivity index (χ1) is 9.87. The molecule has 0 aromatic carbocycles. The molecular formula is C15H19N3O3. The third kappa shape index (κ3) is 4.21. The molecule has 2 aromatic rings. The first-order valence-electron chi connectivity index (χ1n) is 6.72. The molecule has 21 heavy (non-hydrogen) atoms. The molecule has 6 heteroatoms. The van der Waals surface area contributed by atoms with E-state index in [4.69, 9.17) is 5.11 Å². The maximum atomic E-state index is 10.6. The minimum atomic E-state index is -1.27. The second-order valence-corrected chi connectivity index (χ2v) is 5.48. The van der Waals surface area contributed by atoms with Crippen LogP contribution < -0.4 is 5.32 Å². The molecule has 0 radical (unpaired) electrons. The van der Waals surface area contributed by atoms with E-state index in [1.807, 2.05) is 19.1 Å². The van der Waals surface area contributed by atoms with Crippen LogP contribution >= 0.6 is 0 Å². The number of aryl methyl sites for hydroxylation is 1. The maximum Gasteiger partial charge on any atom is 0.306 e. The molecule has 0 aliphatic carbocycles. The van der Waals surface area contributed by atoms with Crippen molar-refractivity contribution in [2.45, 2.75) is 32.4 Å². The highest BCUT2D eigenvalue weighted by molar-refractivity contribution is 5.80. The molecule has 0 spiro atoms. The number of pyridine rings is 2. The zero-order valence-corrected chi connectivity index (χ0v) is 12.1. The Morgan fingerprint density at radius 2 is 2.19 bits per heavy atom. The summed E-state index contributed by atoms with van der Waals surface area (Å²) in [6, 6.07) is 3.91. The van der Waals surface area contributed by atoms with Gasteiger partial charge in [0.25, 0.3) is 0 Å². The number of rotatable bonds is 6. The van der Waals surface area contributed by atoms with Crippen molar-refractivity contribution >= 4 is 16.9 Å². The van der Waals surface area contributed by atoms with Crippen molar-refractivity contribution in [2.75, 3.05) is 6.54 Å². The van der Waals surface area contributed by atoms with Crippen LogP contribution in [0.1, 0.15) is 24.6 Å². The summed E-state index contributed by atoms with van der Waals surface area (Å²) in [5, 5.41) is 22.7. The van der Waals surface area contributed by atoms with Gasteiger partial charge in [-0.1, -0.05) is 0 Å². The topological polar surface area (TPSA) is 95.3 Å². The fraction of sp³-hybridized carbons (Fsp3) is 0.400. The first-order valence-corrected chi connectivity index (χ1v) is 6.72. The van der Waals surface area contributed by atoms with Gasteiger partial charge >= 0.3 is 5.97 Å². The Labute approximate surface area is 122 Å². The third-order valence-corrected chi connectivity index (χ3v) is 3.21. The fourth-order valence-electron chi connectivity index (χ4n) is 2.21. The zero-order valence-electron chi connectivity index (χ0n) is 12.1. The predicted octanol–water partition coefficient (Wildman–Crippen LogP) is 1.25. The van der Waals surface area contributed by atoms with Gasteiger partial charge in [0.05, 0.1) is 23.2 Å². The Kier molecular flexibility index (Phi) is 4.50. The second-order valence-electron chi connectivity index (χ2n) is 5.48. The fourth-order valence-corrected chi connectivity index (χ4v) is 2.21. The van der Waals surface area contributed by atoms with Gasteiger partial charge in [-0.15, -0.1) is 0 Å². The molecule has 2 heterocycles. The average molecular weight is 289 g/mol. The number of hydrogen-bond acceptors (Lipinski definition) is 5. The first kappa shape index (κ1) is 15.3. The summed E-state index contributed by atoms with van der Waals surface area (Å²) in [5.41, 5.74) is 1.46. The highest BCUT2D eigenvalue weighted by Gasteiger charge is 2.23. The van der Waals surface area contributed by atoms with E-state index in [0.717, 1.165) is 22.2 Å². The summed E-state index contributed by atoms with van der Waals surface area (Å²) in [6.07, 6.45) is 3.21. The molecule has 112 valence electrons. The standard InChI is InChI=1S/C15H19N3O3/c1-10-14-12(3-4-17-10)5-11(8-18-14)7-16-9-15(2,21)6-13(19)20/h3-5,8,16,21H,6-7,9H2,1-2H3,(H,19,20)/t15-/m1/s1. The van der Waals surface area contributed by atoms with E-state index in [1.165, 1.54) is 6.92 Å². The number of aliphatic hydroxyl groups is 1. The van der Waals surface area contributed by atoms with E-state index < -0.39 is 11.6 Å². The van der Waals surface area contributed by atoms with E-state index >= 15 is 0 Å². The molecule has 0 fully saturated rings. The van der Waals surface area contributed by atoms with Crippen LogP contribution in [0.25, 0.3) is 10.9 Å². The van der Waals surface area contributed by atoms with Crippen molar-refractivity contribution in [3.05, 3.63) is 35.8 Å². The van der Waals surface area contributed by atoms with Crippen LogP contribution in [-0.4, -0.2) is 38.3 Å². The van der Waals surface area contributed by atoms with Gasteiger partial charge in [-0.3, -0.25) is 14.8 Å². The molecule has 2 aromatic heterocycles. The maximum absolute atomic E-state index is 10.6. The number of nitrogens with one attached hydrogen (secondary N) is 1.